The average Bonchev–Trinajstić information content (AvgIpc) is 3.88. The van der Waals surface area contributed by atoms with Crippen LogP contribution in [0.4, 0.5) is 17.1 Å². The van der Waals surface area contributed by atoms with E-state index in [0.717, 1.165) is 72.1 Å². The summed E-state index contributed by atoms with van der Waals surface area (Å²) in [5, 5.41) is 9.03. The zero-order chi connectivity index (χ0) is 38.9. The molecule has 0 saturated carbocycles. The number of benzene rings is 10. The van der Waals surface area contributed by atoms with Gasteiger partial charge >= 0.3 is 0 Å². The van der Waals surface area contributed by atoms with Gasteiger partial charge in [0.2, 0.25) is 0 Å². The maximum atomic E-state index is 7.04. The number of rotatable bonds is 6. The summed E-state index contributed by atoms with van der Waals surface area (Å²) < 4.78 is 13.5. The quantitative estimate of drug-likeness (QED) is 0.158. The number of fused-ring (bicyclic) bond motifs is 10. The molecule has 0 unspecified atom stereocenters. The molecule has 12 aromatic rings. The van der Waals surface area contributed by atoms with E-state index in [1.807, 2.05) is 18.2 Å². The molecular formula is C56H35NO2. The van der Waals surface area contributed by atoms with Gasteiger partial charge in [0.25, 0.3) is 0 Å². The molecule has 0 spiro atoms. The van der Waals surface area contributed by atoms with Gasteiger partial charge in [-0.15, -0.1) is 0 Å². The number of anilines is 3. The highest BCUT2D eigenvalue weighted by Gasteiger charge is 2.24. The van der Waals surface area contributed by atoms with Gasteiger partial charge in [-0.05, 0) is 110 Å². The number of hydrogen-bond donors (Lipinski definition) is 0. The molecule has 0 N–H and O–H groups in total. The Labute approximate surface area is 340 Å². The summed E-state index contributed by atoms with van der Waals surface area (Å²) in [6, 6.07) is 75.7. The fourth-order valence-corrected chi connectivity index (χ4v) is 9.09. The lowest BCUT2D eigenvalue weighted by Gasteiger charge is -2.27. The summed E-state index contributed by atoms with van der Waals surface area (Å²) in [5.41, 5.74) is 13.4. The Morgan fingerprint density at radius 3 is 1.46 bits per heavy atom. The van der Waals surface area contributed by atoms with Crippen molar-refractivity contribution in [2.75, 3.05) is 4.90 Å². The predicted molar refractivity (Wildman–Crippen MR) is 247 cm³/mol. The van der Waals surface area contributed by atoms with Crippen LogP contribution in [0.2, 0.25) is 0 Å². The van der Waals surface area contributed by atoms with Crippen LogP contribution in [0.1, 0.15) is 0 Å². The Morgan fingerprint density at radius 2 is 0.797 bits per heavy atom. The first kappa shape index (κ1) is 33.3. The molecule has 10 aromatic carbocycles. The van der Waals surface area contributed by atoms with Crippen molar-refractivity contribution in [3.05, 3.63) is 212 Å². The van der Waals surface area contributed by atoms with Crippen molar-refractivity contribution in [2.45, 2.75) is 0 Å². The summed E-state index contributed by atoms with van der Waals surface area (Å²) >= 11 is 0. The second kappa shape index (κ2) is 13.4. The molecule has 0 fully saturated rings. The van der Waals surface area contributed by atoms with Gasteiger partial charge in [0.1, 0.15) is 22.3 Å². The van der Waals surface area contributed by atoms with Gasteiger partial charge in [0, 0.05) is 44.2 Å². The second-order valence-electron chi connectivity index (χ2n) is 15.2. The topological polar surface area (TPSA) is 29.5 Å². The lowest BCUT2D eigenvalue weighted by molar-refractivity contribution is 0.663. The predicted octanol–water partition coefficient (Wildman–Crippen LogP) is 16.3. The number of para-hydroxylation sites is 1. The Hall–Kier alpha value is -7.88. The van der Waals surface area contributed by atoms with Crippen molar-refractivity contribution in [3.8, 4) is 33.4 Å². The minimum Gasteiger partial charge on any atom is -0.456 e. The highest BCUT2D eigenvalue weighted by Crippen LogP contribution is 2.48. The molecule has 0 saturated heterocycles. The lowest BCUT2D eigenvalue weighted by Crippen LogP contribution is -2.10. The summed E-state index contributed by atoms with van der Waals surface area (Å²) in [4.78, 5) is 2.38. The molecule has 0 atom stereocenters. The normalized spacial score (nSPS) is 11.7. The zero-order valence-electron chi connectivity index (χ0n) is 32.0. The van der Waals surface area contributed by atoms with Gasteiger partial charge in [0.05, 0.1) is 0 Å². The van der Waals surface area contributed by atoms with Crippen LogP contribution in [0, 0.1) is 0 Å². The molecule has 0 aliphatic carbocycles. The largest absolute Gasteiger partial charge is 0.456 e. The third-order valence-corrected chi connectivity index (χ3v) is 11.8. The molecule has 59 heavy (non-hydrogen) atoms. The van der Waals surface area contributed by atoms with Crippen LogP contribution in [0.25, 0.3) is 98.8 Å². The fraction of sp³-hybridized carbons (Fsp3) is 0. The van der Waals surface area contributed by atoms with Crippen LogP contribution < -0.4 is 4.90 Å². The van der Waals surface area contributed by atoms with E-state index in [0.29, 0.717) is 0 Å². The van der Waals surface area contributed by atoms with Gasteiger partial charge in [-0.3, -0.25) is 0 Å². The van der Waals surface area contributed by atoms with Crippen LogP contribution in [-0.4, -0.2) is 0 Å². The molecule has 3 nitrogen and oxygen atoms in total. The van der Waals surface area contributed by atoms with E-state index in [-0.39, 0.29) is 0 Å². The van der Waals surface area contributed by atoms with E-state index >= 15 is 0 Å². The van der Waals surface area contributed by atoms with Gasteiger partial charge in [-0.1, -0.05) is 152 Å². The molecule has 12 rings (SSSR count). The fourth-order valence-electron chi connectivity index (χ4n) is 9.09. The number of nitrogens with zero attached hydrogens (tertiary/aromatic N) is 1. The van der Waals surface area contributed by atoms with Gasteiger partial charge < -0.3 is 13.7 Å². The molecule has 0 aliphatic rings. The Morgan fingerprint density at radius 1 is 0.288 bits per heavy atom. The monoisotopic (exact) mass is 753 g/mol. The Balaban J connectivity index is 1.17. The Kier molecular flexibility index (Phi) is 7.54. The van der Waals surface area contributed by atoms with E-state index in [1.54, 1.807) is 0 Å². The summed E-state index contributed by atoms with van der Waals surface area (Å²) in [6.07, 6.45) is 0. The van der Waals surface area contributed by atoms with E-state index in [1.165, 1.54) is 43.8 Å². The van der Waals surface area contributed by atoms with Gasteiger partial charge in [-0.25, -0.2) is 0 Å². The molecule has 0 bridgehead atoms. The standard InChI is InChI=1S/C56H35NO2/c1-3-13-36(14-4-1)38-23-27-41(28-24-38)57(42-29-25-39(26-30-42)37-15-5-2-6-16-37)43-34-49(48-33-40-17-7-8-18-44(40)45-19-9-10-20-46(45)48)56-50(35-43)55-53(59-56)32-31-52-54(55)47-21-11-12-22-51(47)58-52/h1-35H. The van der Waals surface area contributed by atoms with E-state index in [9.17, 15) is 0 Å². The average molecular weight is 754 g/mol. The van der Waals surface area contributed by atoms with Crippen molar-refractivity contribution in [1.29, 1.82) is 0 Å². The summed E-state index contributed by atoms with van der Waals surface area (Å²) in [7, 11) is 0. The Bertz CT molecular complexity index is 3440. The zero-order valence-corrected chi connectivity index (χ0v) is 32.0. The van der Waals surface area contributed by atoms with Crippen molar-refractivity contribution in [2.24, 2.45) is 0 Å². The lowest BCUT2D eigenvalue weighted by atomic mass is 9.91. The SMILES string of the molecule is c1ccc(-c2ccc(N(c3ccc(-c4ccccc4)cc3)c3cc(-c4cc5ccccc5c5ccccc45)c4oc5ccc6oc7ccccc7c6c5c4c3)cc2)cc1. The smallest absolute Gasteiger partial charge is 0.143 e. The third kappa shape index (κ3) is 5.44. The second-order valence-corrected chi connectivity index (χ2v) is 15.2. The highest BCUT2D eigenvalue weighted by atomic mass is 16.3. The van der Waals surface area contributed by atoms with Crippen LogP contribution >= 0.6 is 0 Å². The number of furan rings is 2. The summed E-state index contributed by atoms with van der Waals surface area (Å²) in [5.74, 6) is 0. The van der Waals surface area contributed by atoms with E-state index in [4.69, 9.17) is 8.83 Å². The minimum absolute atomic E-state index is 0.827. The van der Waals surface area contributed by atoms with Crippen molar-refractivity contribution in [1.82, 2.24) is 0 Å². The van der Waals surface area contributed by atoms with E-state index < -0.39 is 0 Å². The number of hydrogen-bond acceptors (Lipinski definition) is 3. The highest BCUT2D eigenvalue weighted by molar-refractivity contribution is 6.28. The third-order valence-electron chi connectivity index (χ3n) is 11.8. The van der Waals surface area contributed by atoms with Crippen LogP contribution in [-0.2, 0) is 0 Å². The minimum atomic E-state index is 0.827. The molecule has 2 heterocycles. The van der Waals surface area contributed by atoms with Crippen LogP contribution in [0.15, 0.2) is 221 Å². The molecule has 276 valence electrons. The summed E-state index contributed by atoms with van der Waals surface area (Å²) in [6.45, 7) is 0. The molecule has 0 aliphatic heterocycles. The van der Waals surface area contributed by atoms with Gasteiger partial charge in [-0.2, -0.15) is 0 Å². The van der Waals surface area contributed by atoms with Gasteiger partial charge in [0.15, 0.2) is 0 Å². The molecule has 3 heteroatoms. The van der Waals surface area contributed by atoms with Crippen LogP contribution in [0.5, 0.6) is 0 Å². The van der Waals surface area contributed by atoms with Crippen molar-refractivity contribution < 1.29 is 8.83 Å². The molecular weight excluding hydrogens is 719 g/mol. The maximum absolute atomic E-state index is 7.04. The first-order chi connectivity index (χ1) is 29.2. The maximum Gasteiger partial charge on any atom is 0.143 e. The molecule has 0 amide bonds. The van der Waals surface area contributed by atoms with Crippen molar-refractivity contribution in [3.63, 3.8) is 0 Å². The molecule has 2 aromatic heterocycles. The van der Waals surface area contributed by atoms with Crippen LogP contribution in [0.3, 0.4) is 0 Å². The molecule has 0 radical (unpaired) electrons. The first-order valence-corrected chi connectivity index (χ1v) is 20.1. The first-order valence-electron chi connectivity index (χ1n) is 20.1. The van der Waals surface area contributed by atoms with Crippen molar-refractivity contribution >= 4 is 82.5 Å². The van der Waals surface area contributed by atoms with E-state index in [2.05, 4.69) is 199 Å².